The largest absolute Gasteiger partial charge is 0.512 e. The van der Waals surface area contributed by atoms with E-state index in [0.717, 1.165) is 39.8 Å². The van der Waals surface area contributed by atoms with Gasteiger partial charge in [-0.05, 0) is 126 Å². The van der Waals surface area contributed by atoms with Crippen LogP contribution in [0.25, 0.3) is 27.5 Å². The van der Waals surface area contributed by atoms with Crippen molar-refractivity contribution in [1.82, 2.24) is 0 Å². The van der Waals surface area contributed by atoms with Crippen LogP contribution in [-0.2, 0) is 10.2 Å². The lowest BCUT2D eigenvalue weighted by molar-refractivity contribution is -0.113. The van der Waals surface area contributed by atoms with Crippen LogP contribution in [0.4, 0.5) is 0 Å². The van der Waals surface area contributed by atoms with Crippen LogP contribution in [0, 0.1) is 24.7 Å². The van der Waals surface area contributed by atoms with E-state index in [0.29, 0.717) is 18.4 Å². The zero-order chi connectivity index (χ0) is 24.6. The highest BCUT2D eigenvalue weighted by atomic mass is 16.5. The molecule has 0 unspecified atom stereocenters. The summed E-state index contributed by atoms with van der Waals surface area (Å²) < 4.78 is 5.95. The van der Waals surface area contributed by atoms with Crippen molar-refractivity contribution >= 4 is 22.1 Å². The van der Waals surface area contributed by atoms with E-state index < -0.39 is 0 Å². The first-order chi connectivity index (χ1) is 17.4. The molecule has 0 saturated heterocycles. The Bertz CT molecular complexity index is 1410. The Morgan fingerprint density at radius 1 is 0.833 bits per heavy atom. The molecule has 184 valence electrons. The van der Waals surface area contributed by atoms with Crippen LogP contribution in [0.1, 0.15) is 68.1 Å². The van der Waals surface area contributed by atoms with Crippen molar-refractivity contribution in [3.8, 4) is 16.9 Å². The number of carbonyl (C=O) groups excluding carboxylic acids is 1. The first kappa shape index (κ1) is 22.2. The number of rotatable bonds is 4. The van der Waals surface area contributed by atoms with Crippen LogP contribution in [0.2, 0.25) is 0 Å². The lowest BCUT2D eigenvalue weighted by atomic mass is 9.48. The van der Waals surface area contributed by atoms with Crippen LogP contribution >= 0.6 is 0 Å². The minimum Gasteiger partial charge on any atom is -0.512 e. The molecule has 3 aromatic carbocycles. The number of allylic oxidation sites excluding steroid dienone is 2. The second-order valence-electron chi connectivity index (χ2n) is 12.1. The van der Waals surface area contributed by atoms with Gasteiger partial charge in [-0.3, -0.25) is 4.79 Å². The van der Waals surface area contributed by atoms with Gasteiger partial charge in [0.25, 0.3) is 0 Å². The van der Waals surface area contributed by atoms with Gasteiger partial charge in [0, 0.05) is 18.4 Å². The number of hydrogen-bond acceptors (Lipinski definition) is 3. The van der Waals surface area contributed by atoms with Gasteiger partial charge in [0.15, 0.2) is 5.78 Å². The minimum atomic E-state index is 0.0376. The summed E-state index contributed by atoms with van der Waals surface area (Å²) in [5.41, 5.74) is 6.76. The molecule has 0 aliphatic heterocycles. The molecule has 4 fully saturated rings. The van der Waals surface area contributed by atoms with E-state index in [9.17, 15) is 9.90 Å². The van der Waals surface area contributed by atoms with E-state index in [1.54, 1.807) is 0 Å². The van der Waals surface area contributed by atoms with Crippen molar-refractivity contribution in [2.24, 2.45) is 17.8 Å². The van der Waals surface area contributed by atoms with E-state index in [-0.39, 0.29) is 17.0 Å². The minimum absolute atomic E-state index is 0.0376. The highest BCUT2D eigenvalue weighted by Gasteiger charge is 2.52. The summed E-state index contributed by atoms with van der Waals surface area (Å²) in [6.07, 6.45) is 9.13. The topological polar surface area (TPSA) is 46.5 Å². The van der Waals surface area contributed by atoms with Crippen LogP contribution in [0.3, 0.4) is 0 Å². The molecule has 5 aliphatic rings. The van der Waals surface area contributed by atoms with Crippen LogP contribution < -0.4 is 4.74 Å². The number of aliphatic hydroxyl groups excluding tert-OH is 1. The third-order valence-electron chi connectivity index (χ3n) is 9.75. The molecule has 3 nitrogen and oxygen atoms in total. The van der Waals surface area contributed by atoms with E-state index in [1.165, 1.54) is 60.8 Å². The number of aryl methyl sites for hydroxylation is 1. The lowest BCUT2D eigenvalue weighted by Crippen LogP contribution is -2.48. The Labute approximate surface area is 213 Å². The highest BCUT2D eigenvalue weighted by molar-refractivity contribution is 6.23. The van der Waals surface area contributed by atoms with Crippen LogP contribution in [0.15, 0.2) is 54.3 Å². The fourth-order valence-corrected chi connectivity index (χ4v) is 8.58. The summed E-state index contributed by atoms with van der Waals surface area (Å²) >= 11 is 0. The molecule has 4 saturated carbocycles. The molecule has 0 heterocycles. The Morgan fingerprint density at radius 2 is 1.53 bits per heavy atom. The molecule has 1 N–H and O–H groups in total. The summed E-state index contributed by atoms with van der Waals surface area (Å²) in [4.78, 5) is 12.3. The summed E-state index contributed by atoms with van der Waals surface area (Å²) in [6.45, 7) is 2.17. The van der Waals surface area contributed by atoms with Crippen molar-refractivity contribution in [2.75, 3.05) is 7.11 Å². The zero-order valence-electron chi connectivity index (χ0n) is 21.3. The quantitative estimate of drug-likeness (QED) is 0.414. The SMILES string of the molecule is COc1ccc(-c2cc3ccc(C4=C(O)CCC4=O)cc3cc2C)cc1C12CC3CC(CC(C3)C1)C2. The van der Waals surface area contributed by atoms with Gasteiger partial charge < -0.3 is 9.84 Å². The van der Waals surface area contributed by atoms with Crippen molar-refractivity contribution in [3.05, 3.63) is 71.0 Å². The molecule has 0 amide bonds. The van der Waals surface area contributed by atoms with E-state index in [1.807, 2.05) is 13.2 Å². The van der Waals surface area contributed by atoms with Gasteiger partial charge >= 0.3 is 0 Å². The number of ether oxygens (including phenoxy) is 1. The number of Topliss-reactive ketones (excluding diaryl/α,β-unsaturated/α-hetero) is 1. The summed E-state index contributed by atoms with van der Waals surface area (Å²) in [7, 11) is 1.82. The number of methoxy groups -OCH3 is 1. The van der Waals surface area contributed by atoms with E-state index in [2.05, 4.69) is 49.4 Å². The maximum atomic E-state index is 12.3. The van der Waals surface area contributed by atoms with Crippen LogP contribution in [-0.4, -0.2) is 18.0 Å². The fourth-order valence-electron chi connectivity index (χ4n) is 8.58. The van der Waals surface area contributed by atoms with Crippen LogP contribution in [0.5, 0.6) is 5.75 Å². The maximum absolute atomic E-state index is 12.3. The van der Waals surface area contributed by atoms with Crippen molar-refractivity contribution in [2.45, 2.75) is 63.7 Å². The molecule has 0 aromatic heterocycles. The van der Waals surface area contributed by atoms with Crippen molar-refractivity contribution in [1.29, 1.82) is 0 Å². The van der Waals surface area contributed by atoms with Gasteiger partial charge in [-0.2, -0.15) is 0 Å². The average molecular weight is 479 g/mol. The molecule has 3 heteroatoms. The molecule has 36 heavy (non-hydrogen) atoms. The smallest absolute Gasteiger partial charge is 0.167 e. The molecule has 0 atom stereocenters. The third-order valence-corrected chi connectivity index (χ3v) is 9.75. The first-order valence-corrected chi connectivity index (χ1v) is 13.6. The van der Waals surface area contributed by atoms with Gasteiger partial charge in [-0.15, -0.1) is 0 Å². The molecule has 0 spiro atoms. The molecule has 4 bridgehead atoms. The van der Waals surface area contributed by atoms with Crippen molar-refractivity contribution < 1.29 is 14.6 Å². The fraction of sp³-hybridized carbons (Fsp3) is 0.424. The van der Waals surface area contributed by atoms with Gasteiger partial charge in [0.2, 0.25) is 0 Å². The van der Waals surface area contributed by atoms with Gasteiger partial charge in [0.1, 0.15) is 11.5 Å². The van der Waals surface area contributed by atoms with E-state index >= 15 is 0 Å². The summed E-state index contributed by atoms with van der Waals surface area (Å²) in [5, 5.41) is 12.5. The summed E-state index contributed by atoms with van der Waals surface area (Å²) in [6, 6.07) is 17.5. The summed E-state index contributed by atoms with van der Waals surface area (Å²) in [5.74, 6) is 3.99. The van der Waals surface area contributed by atoms with Gasteiger partial charge in [0.05, 0.1) is 12.7 Å². The molecular weight excluding hydrogens is 444 g/mol. The maximum Gasteiger partial charge on any atom is 0.167 e. The number of ketones is 1. The Kier molecular flexibility index (Phi) is 4.90. The Hall–Kier alpha value is -3.07. The molecule has 3 aromatic rings. The third kappa shape index (κ3) is 3.35. The van der Waals surface area contributed by atoms with Gasteiger partial charge in [-0.1, -0.05) is 24.3 Å². The molecular formula is C33H34O3. The second-order valence-corrected chi connectivity index (χ2v) is 12.1. The Balaban J connectivity index is 1.31. The average Bonchev–Trinajstić information content (AvgIpc) is 3.19. The number of hydrogen-bond donors (Lipinski definition) is 1. The first-order valence-electron chi connectivity index (χ1n) is 13.6. The number of carbonyl (C=O) groups is 1. The standard InChI is InChI=1S/C33H34O3/c1-19-9-26-13-25(32-29(34)6-7-30(32)35)4-3-23(26)14-27(19)24-5-8-31(36-2)28(15-24)33-16-20-10-21(17-33)12-22(11-20)18-33/h3-5,8-9,13-15,20-22,34H,6-7,10-12,16-18H2,1-2H3. The van der Waals surface area contributed by atoms with E-state index in [4.69, 9.17) is 4.74 Å². The normalized spacial score (nSPS) is 28.9. The predicted molar refractivity (Wildman–Crippen MR) is 144 cm³/mol. The monoisotopic (exact) mass is 478 g/mol. The number of aliphatic hydroxyl groups is 1. The predicted octanol–water partition coefficient (Wildman–Crippen LogP) is 7.92. The Morgan fingerprint density at radius 3 is 2.17 bits per heavy atom. The number of fused-ring (bicyclic) bond motifs is 1. The number of benzene rings is 3. The van der Waals surface area contributed by atoms with Crippen molar-refractivity contribution in [3.63, 3.8) is 0 Å². The van der Waals surface area contributed by atoms with Gasteiger partial charge in [-0.25, -0.2) is 0 Å². The molecule has 8 rings (SSSR count). The highest BCUT2D eigenvalue weighted by Crippen LogP contribution is 2.62. The molecule has 0 radical (unpaired) electrons. The zero-order valence-corrected chi connectivity index (χ0v) is 21.3. The lowest BCUT2D eigenvalue weighted by Gasteiger charge is -2.57. The molecule has 5 aliphatic carbocycles. The second kappa shape index (κ2) is 7.96.